The van der Waals surface area contributed by atoms with Crippen LogP contribution in [0.5, 0.6) is 5.75 Å². The van der Waals surface area contributed by atoms with Crippen LogP contribution in [0.25, 0.3) is 0 Å². The molecule has 0 saturated heterocycles. The van der Waals surface area contributed by atoms with Gasteiger partial charge in [-0.05, 0) is 24.6 Å². The van der Waals surface area contributed by atoms with Crippen LogP contribution in [0.4, 0.5) is 5.82 Å². The van der Waals surface area contributed by atoms with Gasteiger partial charge in [0.25, 0.3) is 5.91 Å². The Morgan fingerprint density at radius 1 is 1.56 bits per heavy atom. The first-order valence-electron chi connectivity index (χ1n) is 5.43. The van der Waals surface area contributed by atoms with Gasteiger partial charge in [-0.15, -0.1) is 0 Å². The first-order valence-corrected chi connectivity index (χ1v) is 5.43. The van der Waals surface area contributed by atoms with Gasteiger partial charge in [-0.3, -0.25) is 9.89 Å². The van der Waals surface area contributed by atoms with E-state index < -0.39 is 0 Å². The molecule has 6 nitrogen and oxygen atoms in total. The fraction of sp³-hybridized carbons (Fsp3) is 0.167. The van der Waals surface area contributed by atoms with Crippen LogP contribution >= 0.6 is 0 Å². The second kappa shape index (κ2) is 4.79. The molecule has 1 aromatic heterocycles. The van der Waals surface area contributed by atoms with Gasteiger partial charge in [0.15, 0.2) is 0 Å². The Hall–Kier alpha value is -2.50. The van der Waals surface area contributed by atoms with Crippen LogP contribution < -0.4 is 11.1 Å². The molecule has 0 aliphatic rings. The SMILES string of the molecule is Cc1ccc(C(=O)NCc2cn[nH]c2N)c(O)c1. The number of nitrogens with zero attached hydrogens (tertiary/aromatic N) is 1. The third-order valence-corrected chi connectivity index (χ3v) is 2.59. The second-order valence-electron chi connectivity index (χ2n) is 4.01. The molecule has 0 aliphatic carbocycles. The number of nitrogens with two attached hydrogens (primary N) is 1. The minimum atomic E-state index is -0.354. The average molecular weight is 246 g/mol. The second-order valence-corrected chi connectivity index (χ2v) is 4.01. The predicted molar refractivity (Wildman–Crippen MR) is 67.0 cm³/mol. The Bertz CT molecular complexity index is 577. The van der Waals surface area contributed by atoms with Crippen LogP contribution in [0.15, 0.2) is 24.4 Å². The van der Waals surface area contributed by atoms with Crippen LogP contribution in [0.2, 0.25) is 0 Å². The topological polar surface area (TPSA) is 104 Å². The van der Waals surface area contributed by atoms with E-state index in [2.05, 4.69) is 15.5 Å². The number of H-pyrrole nitrogens is 1. The molecular weight excluding hydrogens is 232 g/mol. The molecule has 6 heteroatoms. The first-order chi connectivity index (χ1) is 8.58. The van der Waals surface area contributed by atoms with E-state index in [1.54, 1.807) is 24.4 Å². The molecule has 0 atom stereocenters. The Morgan fingerprint density at radius 3 is 2.94 bits per heavy atom. The molecule has 0 saturated carbocycles. The summed E-state index contributed by atoms with van der Waals surface area (Å²) < 4.78 is 0. The molecule has 18 heavy (non-hydrogen) atoms. The number of nitrogens with one attached hydrogen (secondary N) is 2. The van der Waals surface area contributed by atoms with Gasteiger partial charge in [-0.25, -0.2) is 0 Å². The number of phenols is 1. The van der Waals surface area contributed by atoms with Crippen molar-refractivity contribution in [2.45, 2.75) is 13.5 Å². The van der Waals surface area contributed by atoms with Gasteiger partial charge < -0.3 is 16.2 Å². The summed E-state index contributed by atoms with van der Waals surface area (Å²) in [7, 11) is 0. The molecule has 1 aromatic carbocycles. The van der Waals surface area contributed by atoms with Crippen molar-refractivity contribution in [3.8, 4) is 5.75 Å². The molecule has 0 unspecified atom stereocenters. The third kappa shape index (κ3) is 2.42. The maximum Gasteiger partial charge on any atom is 0.255 e. The van der Waals surface area contributed by atoms with Gasteiger partial charge >= 0.3 is 0 Å². The fourth-order valence-corrected chi connectivity index (χ4v) is 1.57. The van der Waals surface area contributed by atoms with Gasteiger partial charge in [0.05, 0.1) is 11.8 Å². The van der Waals surface area contributed by atoms with Crippen molar-refractivity contribution in [1.29, 1.82) is 0 Å². The van der Waals surface area contributed by atoms with E-state index in [1.165, 1.54) is 0 Å². The smallest absolute Gasteiger partial charge is 0.255 e. The zero-order valence-corrected chi connectivity index (χ0v) is 9.90. The van der Waals surface area contributed by atoms with Crippen LogP contribution in [-0.2, 0) is 6.54 Å². The minimum absolute atomic E-state index is 0.0346. The van der Waals surface area contributed by atoms with Crippen LogP contribution in [0.1, 0.15) is 21.5 Å². The average Bonchev–Trinajstić information content (AvgIpc) is 2.72. The van der Waals surface area contributed by atoms with E-state index in [9.17, 15) is 9.90 Å². The fourth-order valence-electron chi connectivity index (χ4n) is 1.57. The number of aryl methyl sites for hydroxylation is 1. The molecule has 94 valence electrons. The summed E-state index contributed by atoms with van der Waals surface area (Å²) in [5.74, 6) is 0.0317. The van der Waals surface area contributed by atoms with Crippen molar-refractivity contribution in [2.24, 2.45) is 0 Å². The molecule has 0 spiro atoms. The van der Waals surface area contributed by atoms with Crippen molar-refractivity contribution in [3.05, 3.63) is 41.1 Å². The maximum absolute atomic E-state index is 11.8. The number of carbonyl (C=O) groups is 1. The number of anilines is 1. The summed E-state index contributed by atoms with van der Waals surface area (Å²) in [6.07, 6.45) is 1.55. The van der Waals surface area contributed by atoms with E-state index in [1.807, 2.05) is 6.92 Å². The third-order valence-electron chi connectivity index (χ3n) is 2.59. The number of aromatic amines is 1. The molecule has 0 bridgehead atoms. The number of hydrogen-bond donors (Lipinski definition) is 4. The summed E-state index contributed by atoms with van der Waals surface area (Å²) >= 11 is 0. The zero-order chi connectivity index (χ0) is 13.1. The highest BCUT2D eigenvalue weighted by molar-refractivity contribution is 5.96. The van der Waals surface area contributed by atoms with Crippen molar-refractivity contribution in [2.75, 3.05) is 5.73 Å². The largest absolute Gasteiger partial charge is 0.507 e. The van der Waals surface area contributed by atoms with Gasteiger partial charge in [-0.1, -0.05) is 6.07 Å². The molecule has 2 rings (SSSR count). The van der Waals surface area contributed by atoms with Gasteiger partial charge in [0.1, 0.15) is 11.6 Å². The number of aromatic hydroxyl groups is 1. The van der Waals surface area contributed by atoms with Gasteiger partial charge in [0.2, 0.25) is 0 Å². The number of hydrogen-bond acceptors (Lipinski definition) is 4. The van der Waals surface area contributed by atoms with Crippen molar-refractivity contribution in [1.82, 2.24) is 15.5 Å². The van der Waals surface area contributed by atoms with Crippen LogP contribution in [0.3, 0.4) is 0 Å². The van der Waals surface area contributed by atoms with E-state index in [-0.39, 0.29) is 23.8 Å². The van der Waals surface area contributed by atoms with E-state index in [0.29, 0.717) is 11.4 Å². The lowest BCUT2D eigenvalue weighted by Gasteiger charge is -2.06. The Kier molecular flexibility index (Phi) is 3.18. The zero-order valence-electron chi connectivity index (χ0n) is 9.90. The molecule has 5 N–H and O–H groups in total. The van der Waals surface area contributed by atoms with Crippen LogP contribution in [0, 0.1) is 6.92 Å². The summed E-state index contributed by atoms with van der Waals surface area (Å²) in [5, 5.41) is 18.7. The number of amides is 1. The molecule has 0 aliphatic heterocycles. The lowest BCUT2D eigenvalue weighted by molar-refractivity contribution is 0.0948. The highest BCUT2D eigenvalue weighted by Gasteiger charge is 2.11. The number of aromatic nitrogens is 2. The van der Waals surface area contributed by atoms with E-state index in [4.69, 9.17) is 5.73 Å². The number of benzene rings is 1. The Morgan fingerprint density at radius 2 is 2.33 bits per heavy atom. The van der Waals surface area contributed by atoms with E-state index >= 15 is 0 Å². The number of nitrogen functional groups attached to an aromatic ring is 1. The molecular formula is C12H14N4O2. The number of phenolic OH excluding ortho intramolecular Hbond substituents is 1. The van der Waals surface area contributed by atoms with Crippen LogP contribution in [-0.4, -0.2) is 21.2 Å². The van der Waals surface area contributed by atoms with Crippen molar-refractivity contribution >= 4 is 11.7 Å². The molecule has 1 heterocycles. The van der Waals surface area contributed by atoms with Gasteiger partial charge in [0, 0.05) is 12.1 Å². The Balaban J connectivity index is 2.06. The van der Waals surface area contributed by atoms with E-state index in [0.717, 1.165) is 5.56 Å². The Labute approximate surface area is 104 Å². The summed E-state index contributed by atoms with van der Waals surface area (Å²) in [5.41, 5.74) is 7.43. The normalized spacial score (nSPS) is 10.3. The van der Waals surface area contributed by atoms with Crippen molar-refractivity contribution < 1.29 is 9.90 Å². The van der Waals surface area contributed by atoms with Gasteiger partial charge in [-0.2, -0.15) is 5.10 Å². The lowest BCUT2D eigenvalue weighted by Crippen LogP contribution is -2.23. The molecule has 2 aromatic rings. The minimum Gasteiger partial charge on any atom is -0.507 e. The highest BCUT2D eigenvalue weighted by atomic mass is 16.3. The quantitative estimate of drug-likeness (QED) is 0.646. The number of rotatable bonds is 3. The maximum atomic E-state index is 11.8. The molecule has 0 fully saturated rings. The standard InChI is InChI=1S/C12H14N4O2/c1-7-2-3-9(10(17)4-7)12(18)14-5-8-6-15-16-11(8)13/h2-4,6,17H,5H2,1H3,(H,14,18)(H3,13,15,16). The first kappa shape index (κ1) is 12.0. The van der Waals surface area contributed by atoms with Crippen molar-refractivity contribution in [3.63, 3.8) is 0 Å². The number of carbonyl (C=O) groups excluding carboxylic acids is 1. The lowest BCUT2D eigenvalue weighted by atomic mass is 10.1. The molecule has 1 amide bonds. The monoisotopic (exact) mass is 246 g/mol. The molecule has 0 radical (unpaired) electrons. The summed E-state index contributed by atoms with van der Waals surface area (Å²) in [6, 6.07) is 4.89. The highest BCUT2D eigenvalue weighted by Crippen LogP contribution is 2.18. The summed E-state index contributed by atoms with van der Waals surface area (Å²) in [6.45, 7) is 2.10. The predicted octanol–water partition coefficient (Wildman–Crippen LogP) is 0.936. The summed E-state index contributed by atoms with van der Waals surface area (Å²) in [4.78, 5) is 11.8.